The van der Waals surface area contributed by atoms with Gasteiger partial charge in [0.25, 0.3) is 0 Å². The van der Waals surface area contributed by atoms with Crippen molar-refractivity contribution in [2.24, 2.45) is 35.1 Å². The van der Waals surface area contributed by atoms with Gasteiger partial charge in [-0.05, 0) is 84.7 Å². The third kappa shape index (κ3) is 31.8. The lowest BCUT2D eigenvalue weighted by Crippen LogP contribution is -2.62. The van der Waals surface area contributed by atoms with Crippen LogP contribution in [-0.4, -0.2) is 231 Å². The maximum atomic E-state index is 14.7. The first-order valence-corrected chi connectivity index (χ1v) is 36.2. The van der Waals surface area contributed by atoms with Crippen LogP contribution in [0.4, 0.5) is 0 Å². The lowest BCUT2D eigenvalue weighted by molar-refractivity contribution is -0.143. The van der Waals surface area contributed by atoms with E-state index in [-0.39, 0.29) is 80.2 Å². The molecule has 2 aromatic carbocycles. The Kier molecular flexibility index (Phi) is 37.7. The number of amides is 13. The van der Waals surface area contributed by atoms with Gasteiger partial charge < -0.3 is 116 Å². The number of carboxylic acid groups (broad SMARTS) is 3. The van der Waals surface area contributed by atoms with Gasteiger partial charge in [0.1, 0.15) is 78.0 Å². The predicted octanol–water partition coefficient (Wildman–Crippen LogP) is -3.93. The molecule has 0 aliphatic rings. The number of aliphatic hydroxyl groups is 1. The number of carboxylic acids is 3. The number of nitrogens with two attached hydrogens (primary N) is 2. The van der Waals surface area contributed by atoms with E-state index in [0.717, 1.165) is 0 Å². The van der Waals surface area contributed by atoms with Crippen LogP contribution in [0.3, 0.4) is 0 Å². The topological polar surface area (TPSA) is 648 Å². The molecule has 0 aliphatic carbocycles. The highest BCUT2D eigenvalue weighted by Crippen LogP contribution is 2.18. The number of carbonyl (C=O) groups excluding carboxylic acids is 13. The Hall–Kier alpha value is -12.1. The van der Waals surface area contributed by atoms with E-state index in [1.165, 1.54) is 101 Å². The van der Waals surface area contributed by atoms with Gasteiger partial charge in [-0.3, -0.25) is 71.9 Å². The van der Waals surface area contributed by atoms with Crippen LogP contribution in [-0.2, 0) is 102 Å². The molecule has 112 heavy (non-hydrogen) atoms. The van der Waals surface area contributed by atoms with Crippen molar-refractivity contribution in [1.82, 2.24) is 83.7 Å². The highest BCUT2D eigenvalue weighted by Gasteiger charge is 2.39. The van der Waals surface area contributed by atoms with Crippen LogP contribution in [0.2, 0.25) is 0 Å². The number of aromatic nitrogens is 4. The van der Waals surface area contributed by atoms with Gasteiger partial charge in [-0.25, -0.2) is 14.8 Å². The third-order valence-electron chi connectivity index (χ3n) is 17.7. The molecule has 0 aliphatic heterocycles. The van der Waals surface area contributed by atoms with Gasteiger partial charge in [-0.1, -0.05) is 86.1 Å². The molecule has 614 valence electrons. The Labute approximate surface area is 644 Å². The molecular weight excluding hydrogens is 1470 g/mol. The molecule has 2 heterocycles. The molecule has 0 spiro atoms. The molecule has 0 fully saturated rings. The van der Waals surface area contributed by atoms with Crippen molar-refractivity contribution in [2.45, 2.75) is 205 Å². The lowest BCUT2D eigenvalue weighted by atomic mass is 9.95. The van der Waals surface area contributed by atoms with E-state index in [4.69, 9.17) is 11.5 Å². The molecule has 0 saturated carbocycles. The SMILES string of the molecule is CC[C@H](C)[C@H](NC(=O)[C@@H](NC(=O)[C@H](Cc1ccc(O)cc1)NC(=O)[C@H](CO)NC(=O)CNC(=O)[C@H](Cc1ccc(O)cc1)NC(=O)[C@@H](N)CCC(N)=O)C(C)C)C(=O)N[C@@H](CCC(=O)O)C(=O)N[C@@H](Cc1c[nH]cn1)C(=O)N[C@H](C(=O)N[C@@H](CC(C)C)C(=O)N[C@@H](CCC(=O)O)C(=O)N[C@@H](Cc1c[nH]cn1)C(=O)O)C(C)C. The second kappa shape index (κ2) is 45.8. The average Bonchev–Trinajstić information content (AvgIpc) is 1.01. The standard InChI is InChI=1S/C72H104N18O22/c1-9-38(8)60(90-70(109)59(37(6)7)89-66(105)50(26-40-12-16-44(93)17-13-40)84-68(107)53(32-91)80-55(95)31-77-62(101)49(25-39-10-14-43(92)15-11-39)83-61(100)45(73)18-21-54(74)94)71(110)82-47(20-23-57(98)99)63(102)85-51(27-41-29-75-33-78-41)67(106)88-58(36(4)5)69(108)86-48(24-35(2)3)65(104)81-46(19-22-56(96)97)64(103)87-52(72(111)112)28-42-30-76-34-79-42/h10-17,29-30,33-38,45-53,58-60,91-93H,9,18-28,31-32,73H2,1-8H3,(H2,74,94)(H,75,78)(H,76,79)(H,77,101)(H,80,95)(H,81,104)(H,82,110)(H,83,100)(H,84,107)(H,85,102)(H,86,108)(H,87,103)(H,88,106)(H,89,105)(H,90,109)(H,96,97)(H,98,99)(H,111,112)/t38-,45-,46-,47-,48-,49-,50-,51-,52-,53-,58-,59-,60-/m0/s1. The van der Waals surface area contributed by atoms with Gasteiger partial charge in [0.2, 0.25) is 76.8 Å². The number of H-pyrrole nitrogens is 2. The maximum Gasteiger partial charge on any atom is 0.326 e. The lowest BCUT2D eigenvalue weighted by Gasteiger charge is -2.31. The van der Waals surface area contributed by atoms with E-state index in [1.807, 2.05) is 0 Å². The molecule has 4 rings (SSSR count). The zero-order valence-electron chi connectivity index (χ0n) is 63.3. The van der Waals surface area contributed by atoms with Crippen LogP contribution >= 0.6 is 0 Å². The number of aliphatic hydroxyl groups excluding tert-OH is 1. The highest BCUT2D eigenvalue weighted by molar-refractivity contribution is 6.00. The molecule has 0 saturated heterocycles. The number of primary amides is 1. The molecule has 13 amide bonds. The quantitative estimate of drug-likeness (QED) is 0.0201. The summed E-state index contributed by atoms with van der Waals surface area (Å²) in [6.07, 6.45) is 1.30. The van der Waals surface area contributed by atoms with Gasteiger partial charge in [-0.2, -0.15) is 0 Å². The predicted molar refractivity (Wildman–Crippen MR) is 396 cm³/mol. The van der Waals surface area contributed by atoms with Gasteiger partial charge in [0, 0.05) is 57.3 Å². The molecule has 24 N–H and O–H groups in total. The normalized spacial score (nSPS) is 14.7. The number of phenolic OH excluding ortho intramolecular Hbond substituents is 2. The van der Waals surface area contributed by atoms with Crippen LogP contribution in [0.1, 0.15) is 129 Å². The molecular formula is C72H104N18O22. The zero-order valence-corrected chi connectivity index (χ0v) is 63.3. The number of carbonyl (C=O) groups is 16. The first-order valence-electron chi connectivity index (χ1n) is 36.2. The zero-order chi connectivity index (χ0) is 83.6. The highest BCUT2D eigenvalue weighted by atomic mass is 16.4. The molecule has 4 aromatic rings. The minimum Gasteiger partial charge on any atom is -0.508 e. The molecule has 13 atom stereocenters. The van der Waals surface area contributed by atoms with Crippen LogP contribution in [0.5, 0.6) is 11.5 Å². The number of nitrogens with one attached hydrogen (secondary N) is 14. The molecule has 2 aromatic heterocycles. The first-order chi connectivity index (χ1) is 52.8. The van der Waals surface area contributed by atoms with E-state index in [2.05, 4.69) is 83.7 Å². The molecule has 0 radical (unpaired) electrons. The number of aromatic hydroxyl groups is 2. The summed E-state index contributed by atoms with van der Waals surface area (Å²) in [7, 11) is 0. The minimum atomic E-state index is -1.81. The number of hydrogen-bond donors (Lipinski definition) is 22. The van der Waals surface area contributed by atoms with Gasteiger partial charge in [-0.15, -0.1) is 0 Å². The smallest absolute Gasteiger partial charge is 0.326 e. The van der Waals surface area contributed by atoms with E-state index in [9.17, 15) is 107 Å². The second-order valence-corrected chi connectivity index (χ2v) is 28.0. The molecule has 0 unspecified atom stereocenters. The van der Waals surface area contributed by atoms with Gasteiger partial charge >= 0.3 is 17.9 Å². The molecule has 40 heteroatoms. The number of imidazole rings is 2. The number of benzene rings is 2. The Bertz CT molecular complexity index is 3860. The second-order valence-electron chi connectivity index (χ2n) is 28.0. The van der Waals surface area contributed by atoms with Gasteiger partial charge in [0.05, 0.1) is 43.2 Å². The fourth-order valence-corrected chi connectivity index (χ4v) is 11.1. The van der Waals surface area contributed by atoms with Crippen LogP contribution in [0, 0.1) is 23.7 Å². The summed E-state index contributed by atoms with van der Waals surface area (Å²) in [4.78, 5) is 230. The average molecular weight is 1570 g/mol. The van der Waals surface area contributed by atoms with E-state index in [0.29, 0.717) is 11.1 Å². The summed E-state index contributed by atoms with van der Waals surface area (Å²) in [5.41, 5.74) is 12.4. The Morgan fingerprint density at radius 1 is 0.429 bits per heavy atom. The Morgan fingerprint density at radius 3 is 1.22 bits per heavy atom. The van der Waals surface area contributed by atoms with Crippen molar-refractivity contribution in [3.63, 3.8) is 0 Å². The van der Waals surface area contributed by atoms with E-state index >= 15 is 0 Å². The van der Waals surface area contributed by atoms with Crippen molar-refractivity contribution in [3.8, 4) is 11.5 Å². The minimum absolute atomic E-state index is 0.0850. The number of phenols is 2. The monoisotopic (exact) mass is 1570 g/mol. The van der Waals surface area contributed by atoms with Crippen molar-refractivity contribution in [1.29, 1.82) is 0 Å². The van der Waals surface area contributed by atoms with E-state index in [1.54, 1.807) is 27.7 Å². The van der Waals surface area contributed by atoms with Gasteiger partial charge in [0.15, 0.2) is 0 Å². The summed E-state index contributed by atoms with van der Waals surface area (Å²) in [5, 5.41) is 89.3. The Balaban J connectivity index is 1.56. The number of hydrogen-bond acceptors (Lipinski definition) is 22. The maximum absolute atomic E-state index is 14.7. The molecule has 0 bridgehead atoms. The summed E-state index contributed by atoms with van der Waals surface area (Å²) in [6, 6.07) is -7.79. The fraction of sp³-hybridized carbons (Fsp3) is 0.528. The summed E-state index contributed by atoms with van der Waals surface area (Å²) < 4.78 is 0. The van der Waals surface area contributed by atoms with Crippen molar-refractivity contribution in [3.05, 3.63) is 96.1 Å². The first kappa shape index (κ1) is 92.3. The summed E-state index contributed by atoms with van der Waals surface area (Å²) in [5.74, 6) is -20.0. The summed E-state index contributed by atoms with van der Waals surface area (Å²) in [6.45, 7) is 10.8. The van der Waals surface area contributed by atoms with Crippen LogP contribution < -0.4 is 75.3 Å². The number of rotatable bonds is 49. The van der Waals surface area contributed by atoms with Crippen molar-refractivity contribution in [2.75, 3.05) is 13.2 Å². The number of aliphatic carboxylic acids is 3. The number of nitrogens with zero attached hydrogens (tertiary/aromatic N) is 2. The largest absolute Gasteiger partial charge is 0.508 e. The van der Waals surface area contributed by atoms with Crippen LogP contribution in [0.25, 0.3) is 0 Å². The molecule has 40 nitrogen and oxygen atoms in total. The number of aromatic amines is 2. The van der Waals surface area contributed by atoms with Crippen molar-refractivity contribution >= 4 is 94.7 Å². The van der Waals surface area contributed by atoms with E-state index < -0.39 is 224 Å². The third-order valence-corrected chi connectivity index (χ3v) is 17.7. The van der Waals surface area contributed by atoms with Crippen LogP contribution in [0.15, 0.2) is 73.6 Å². The Morgan fingerprint density at radius 2 is 0.804 bits per heavy atom. The van der Waals surface area contributed by atoms with Crippen molar-refractivity contribution < 1.29 is 107 Å². The fourth-order valence-electron chi connectivity index (χ4n) is 11.1. The summed E-state index contributed by atoms with van der Waals surface area (Å²) >= 11 is 0.